The zero-order valence-electron chi connectivity index (χ0n) is 23.2. The second-order valence-corrected chi connectivity index (χ2v) is 13.7. The highest BCUT2D eigenvalue weighted by molar-refractivity contribution is 7.92. The van der Waals surface area contributed by atoms with Gasteiger partial charge in [-0.05, 0) is 69.6 Å². The fourth-order valence-corrected chi connectivity index (χ4v) is 8.21. The molecule has 0 spiro atoms. The molecule has 0 saturated heterocycles. The predicted molar refractivity (Wildman–Crippen MR) is 149 cm³/mol. The number of nitrogens with one attached hydrogen (secondary N) is 3. The molecule has 0 aromatic heterocycles. The summed E-state index contributed by atoms with van der Waals surface area (Å²) >= 11 is 6.24. The number of benzene rings is 2. The zero-order chi connectivity index (χ0) is 31.9. The maximum Gasteiger partial charge on any atom is 0.255 e. The van der Waals surface area contributed by atoms with Crippen molar-refractivity contribution in [3.63, 3.8) is 0 Å². The van der Waals surface area contributed by atoms with Crippen LogP contribution in [-0.2, 0) is 19.4 Å². The van der Waals surface area contributed by atoms with Crippen LogP contribution in [0.2, 0.25) is 5.02 Å². The summed E-state index contributed by atoms with van der Waals surface area (Å²) in [6.07, 6.45) is -0.169. The number of amides is 3. The minimum absolute atomic E-state index is 0.0560. The van der Waals surface area contributed by atoms with Gasteiger partial charge in [-0.25, -0.2) is 21.6 Å². The minimum atomic E-state index is -4.13. The Balaban J connectivity index is 1.47. The van der Waals surface area contributed by atoms with E-state index in [0.29, 0.717) is 25.0 Å². The van der Waals surface area contributed by atoms with Gasteiger partial charge in [0.2, 0.25) is 11.8 Å². The molecule has 0 heterocycles. The molecule has 2 aliphatic carbocycles. The number of carbonyl (C=O) groups excluding carboxylic acids is 3. The van der Waals surface area contributed by atoms with Gasteiger partial charge in [-0.15, -0.1) is 0 Å². The molecule has 15 heteroatoms. The van der Waals surface area contributed by atoms with Crippen LogP contribution in [0.4, 0.5) is 18.9 Å². The number of sulfone groups is 1. The van der Waals surface area contributed by atoms with E-state index in [1.54, 1.807) is 0 Å². The van der Waals surface area contributed by atoms with Crippen LogP contribution in [0, 0.1) is 29.3 Å². The standard InChI is InChI=1S/C28H31ClF3N3O7S/c1-13(34-26(38)14(2)36)25(37)33-12-28(40)16-4-5-17(28)9-19(8-16)43(41,42)23-7-15(3-6-20(23)29)27(39)35-18-10-21(30)24(32)22(31)11-18/h3,6-7,10-11,13-14,16-17,19,36,40H,4-5,8-9,12H2,1-2H3,(H,33,37)(H,34,38)(H,35,39)/t13-,14-,16?,17?,19-,28-/m0/s1. The van der Waals surface area contributed by atoms with Crippen molar-refractivity contribution in [2.45, 2.75) is 67.4 Å². The first kappa shape index (κ1) is 32.7. The van der Waals surface area contributed by atoms with E-state index >= 15 is 0 Å². The molecule has 2 saturated carbocycles. The van der Waals surface area contributed by atoms with Crippen LogP contribution >= 0.6 is 11.6 Å². The van der Waals surface area contributed by atoms with E-state index in [-0.39, 0.29) is 40.6 Å². The maximum atomic E-state index is 13.7. The smallest absolute Gasteiger partial charge is 0.255 e. The molecule has 43 heavy (non-hydrogen) atoms. The second-order valence-electron chi connectivity index (χ2n) is 11.1. The van der Waals surface area contributed by atoms with Gasteiger partial charge in [0, 0.05) is 29.9 Å². The monoisotopic (exact) mass is 645 g/mol. The average Bonchev–Trinajstić information content (AvgIpc) is 3.09. The predicted octanol–water partition coefficient (Wildman–Crippen LogP) is 2.70. The second kappa shape index (κ2) is 12.4. The van der Waals surface area contributed by atoms with Crippen LogP contribution in [-0.4, -0.2) is 65.9 Å². The van der Waals surface area contributed by atoms with Gasteiger partial charge in [-0.2, -0.15) is 0 Å². The first-order chi connectivity index (χ1) is 20.0. The molecule has 3 amide bonds. The van der Waals surface area contributed by atoms with Crippen LogP contribution in [0.1, 0.15) is 49.9 Å². The van der Waals surface area contributed by atoms with E-state index in [0.717, 1.165) is 6.07 Å². The van der Waals surface area contributed by atoms with Crippen molar-refractivity contribution < 1.29 is 46.2 Å². The van der Waals surface area contributed by atoms with Crippen molar-refractivity contribution in [3.05, 3.63) is 58.4 Å². The summed E-state index contributed by atoms with van der Waals surface area (Å²) in [5.74, 6) is -7.92. The first-order valence-electron chi connectivity index (χ1n) is 13.5. The summed E-state index contributed by atoms with van der Waals surface area (Å²) in [5, 5.41) is 26.9. The molecule has 2 aliphatic rings. The summed E-state index contributed by atoms with van der Waals surface area (Å²) in [5.41, 5.74) is -1.94. The molecule has 0 radical (unpaired) electrons. The molecule has 5 N–H and O–H groups in total. The Labute approximate surface area is 250 Å². The van der Waals surface area contributed by atoms with Crippen molar-refractivity contribution in [2.24, 2.45) is 11.8 Å². The highest BCUT2D eigenvalue weighted by Crippen LogP contribution is 2.52. The van der Waals surface area contributed by atoms with E-state index in [4.69, 9.17) is 11.6 Å². The lowest BCUT2D eigenvalue weighted by atomic mass is 9.74. The van der Waals surface area contributed by atoms with E-state index in [2.05, 4.69) is 16.0 Å². The topological polar surface area (TPSA) is 162 Å². The van der Waals surface area contributed by atoms with Crippen molar-refractivity contribution in [1.82, 2.24) is 10.6 Å². The van der Waals surface area contributed by atoms with Crippen LogP contribution in [0.25, 0.3) is 0 Å². The Morgan fingerprint density at radius 2 is 1.60 bits per heavy atom. The van der Waals surface area contributed by atoms with E-state index in [9.17, 15) is 46.2 Å². The molecule has 2 bridgehead atoms. The quantitative estimate of drug-likeness (QED) is 0.262. The number of hydrogen-bond donors (Lipinski definition) is 5. The lowest BCUT2D eigenvalue weighted by Gasteiger charge is -2.42. The fourth-order valence-electron chi connectivity index (χ4n) is 5.81. The highest BCUT2D eigenvalue weighted by atomic mass is 35.5. The largest absolute Gasteiger partial charge is 0.387 e. The molecule has 0 aliphatic heterocycles. The van der Waals surface area contributed by atoms with Gasteiger partial charge >= 0.3 is 0 Å². The number of halogens is 4. The minimum Gasteiger partial charge on any atom is -0.387 e. The molecular weight excluding hydrogens is 615 g/mol. The Hall–Kier alpha value is -3.20. The summed E-state index contributed by atoms with van der Waals surface area (Å²) in [6.45, 7) is 2.51. The Morgan fingerprint density at radius 1 is 1.02 bits per heavy atom. The summed E-state index contributed by atoms with van der Waals surface area (Å²) in [6, 6.07) is 3.66. The first-order valence-corrected chi connectivity index (χ1v) is 15.4. The molecule has 234 valence electrons. The van der Waals surface area contributed by atoms with Gasteiger partial charge in [0.25, 0.3) is 5.91 Å². The number of carbonyl (C=O) groups is 3. The van der Waals surface area contributed by atoms with Gasteiger partial charge < -0.3 is 26.2 Å². The molecule has 2 aromatic rings. The van der Waals surface area contributed by atoms with Crippen molar-refractivity contribution >= 4 is 44.8 Å². The molecule has 2 fully saturated rings. The number of hydrogen-bond acceptors (Lipinski definition) is 7. The van der Waals surface area contributed by atoms with Gasteiger partial charge in [0.05, 0.1) is 20.8 Å². The molecule has 2 unspecified atom stereocenters. The van der Waals surface area contributed by atoms with Crippen molar-refractivity contribution in [1.29, 1.82) is 0 Å². The van der Waals surface area contributed by atoms with Gasteiger partial charge in [-0.3, -0.25) is 14.4 Å². The summed E-state index contributed by atoms with van der Waals surface area (Å²) in [4.78, 5) is 36.6. The maximum absolute atomic E-state index is 13.7. The number of rotatable bonds is 9. The average molecular weight is 646 g/mol. The van der Waals surface area contributed by atoms with E-state index in [1.165, 1.54) is 26.0 Å². The fraction of sp³-hybridized carbons (Fsp3) is 0.464. The molecule has 4 atom stereocenters. The number of aliphatic hydroxyl groups is 2. The van der Waals surface area contributed by atoms with E-state index in [1.807, 2.05) is 0 Å². The van der Waals surface area contributed by atoms with Crippen LogP contribution in [0.3, 0.4) is 0 Å². The molecule has 4 rings (SSSR count). The Morgan fingerprint density at radius 3 is 2.16 bits per heavy atom. The van der Waals surface area contributed by atoms with Crippen molar-refractivity contribution in [3.8, 4) is 0 Å². The SMILES string of the molecule is C[C@H](O)C(=O)N[C@@H](C)C(=O)NC[C@]1(O)C2CCC1C[C@@H](S(=O)(=O)c1cc(C(=O)Nc3cc(F)c(F)c(F)c3)ccc1Cl)C2. The zero-order valence-corrected chi connectivity index (χ0v) is 24.7. The Bertz CT molecular complexity index is 1520. The van der Waals surface area contributed by atoms with Crippen LogP contribution in [0.15, 0.2) is 35.2 Å². The van der Waals surface area contributed by atoms with Crippen molar-refractivity contribution in [2.75, 3.05) is 11.9 Å². The summed E-state index contributed by atoms with van der Waals surface area (Å²) in [7, 11) is -4.13. The van der Waals surface area contributed by atoms with Gasteiger partial charge in [-0.1, -0.05) is 11.6 Å². The lowest BCUT2D eigenvalue weighted by molar-refractivity contribution is -0.134. The number of anilines is 1. The van der Waals surface area contributed by atoms with Crippen LogP contribution < -0.4 is 16.0 Å². The number of fused-ring (bicyclic) bond motifs is 2. The Kier molecular flexibility index (Phi) is 9.45. The third-order valence-electron chi connectivity index (χ3n) is 8.23. The third-order valence-corrected chi connectivity index (χ3v) is 10.9. The van der Waals surface area contributed by atoms with Gasteiger partial charge in [0.15, 0.2) is 27.3 Å². The normalized spacial score (nSPS) is 24.6. The van der Waals surface area contributed by atoms with E-state index < -0.39 is 79.8 Å². The third kappa shape index (κ3) is 6.66. The molecular formula is C28H31ClF3N3O7S. The summed E-state index contributed by atoms with van der Waals surface area (Å²) < 4.78 is 67.9. The van der Waals surface area contributed by atoms with Crippen LogP contribution in [0.5, 0.6) is 0 Å². The molecule has 2 aromatic carbocycles. The highest BCUT2D eigenvalue weighted by Gasteiger charge is 2.55. The number of aliphatic hydroxyl groups excluding tert-OH is 1. The van der Waals surface area contributed by atoms with Gasteiger partial charge in [0.1, 0.15) is 12.1 Å². The molecule has 10 nitrogen and oxygen atoms in total. The lowest BCUT2D eigenvalue weighted by Crippen LogP contribution is -2.57.